The normalized spacial score (nSPS) is 21.9. The minimum atomic E-state index is -0.471. The van der Waals surface area contributed by atoms with E-state index in [4.69, 9.17) is 0 Å². The largest absolute Gasteiger partial charge is 0.354 e. The number of pyridine rings is 1. The number of hydrogen-bond acceptors (Lipinski definition) is 4. The first-order valence-electron chi connectivity index (χ1n) is 9.13. The lowest BCUT2D eigenvalue weighted by Crippen LogP contribution is -2.45. The fourth-order valence-corrected chi connectivity index (χ4v) is 3.81. The van der Waals surface area contributed by atoms with Crippen molar-refractivity contribution in [1.29, 1.82) is 0 Å². The number of rotatable bonds is 3. The number of carbonyl (C=O) groups excluding carboxylic acids is 2. The van der Waals surface area contributed by atoms with Crippen molar-refractivity contribution in [3.63, 3.8) is 0 Å². The highest BCUT2D eigenvalue weighted by Crippen LogP contribution is 2.31. The predicted octanol–water partition coefficient (Wildman–Crippen LogP) is 1.94. The summed E-state index contributed by atoms with van der Waals surface area (Å²) >= 11 is 0. The lowest BCUT2D eigenvalue weighted by atomic mass is 10.1. The number of fused-ring (bicyclic) bond motifs is 1. The quantitative estimate of drug-likeness (QED) is 0.893. The molecule has 1 unspecified atom stereocenters. The molecule has 2 aliphatic rings. The van der Waals surface area contributed by atoms with Gasteiger partial charge in [0.15, 0.2) is 5.65 Å². The zero-order valence-corrected chi connectivity index (χ0v) is 14.2. The van der Waals surface area contributed by atoms with E-state index in [0.29, 0.717) is 24.6 Å². The van der Waals surface area contributed by atoms with Gasteiger partial charge in [0.05, 0.1) is 11.9 Å². The summed E-state index contributed by atoms with van der Waals surface area (Å²) in [5.74, 6) is -0.378. The third-order valence-corrected chi connectivity index (χ3v) is 5.23. The Bertz CT molecular complexity index is 794. The van der Waals surface area contributed by atoms with E-state index >= 15 is 0 Å². The van der Waals surface area contributed by atoms with Gasteiger partial charge in [-0.3, -0.25) is 9.59 Å². The van der Waals surface area contributed by atoms with E-state index in [1.165, 1.54) is 12.8 Å². The molecule has 3 heterocycles. The van der Waals surface area contributed by atoms with Crippen LogP contribution in [0.3, 0.4) is 0 Å². The van der Waals surface area contributed by atoms with Crippen LogP contribution in [0, 0.1) is 0 Å². The summed E-state index contributed by atoms with van der Waals surface area (Å²) < 4.78 is 2.13. The highest BCUT2D eigenvalue weighted by atomic mass is 16.2. The molecule has 0 aromatic carbocycles. The Morgan fingerprint density at radius 1 is 1.16 bits per heavy atom. The van der Waals surface area contributed by atoms with Gasteiger partial charge in [-0.2, -0.15) is 0 Å². The molecule has 2 aromatic heterocycles. The molecule has 0 radical (unpaired) electrons. The molecule has 7 nitrogen and oxygen atoms in total. The fraction of sp³-hybridized carbons (Fsp3) is 0.556. The molecule has 4 rings (SSSR count). The van der Waals surface area contributed by atoms with Crippen LogP contribution in [0.4, 0.5) is 0 Å². The average Bonchev–Trinajstić information content (AvgIpc) is 3.24. The average molecular weight is 341 g/mol. The number of imidazole rings is 1. The van der Waals surface area contributed by atoms with E-state index < -0.39 is 6.04 Å². The second-order valence-corrected chi connectivity index (χ2v) is 6.97. The van der Waals surface area contributed by atoms with E-state index in [1.54, 1.807) is 12.3 Å². The molecular weight excluding hydrogens is 318 g/mol. The molecule has 2 fully saturated rings. The van der Waals surface area contributed by atoms with Gasteiger partial charge in [-0.1, -0.05) is 12.8 Å². The van der Waals surface area contributed by atoms with Gasteiger partial charge in [0.1, 0.15) is 11.6 Å². The number of hydrogen-bond donors (Lipinski definition) is 2. The molecule has 2 N–H and O–H groups in total. The van der Waals surface area contributed by atoms with Gasteiger partial charge in [0.2, 0.25) is 5.91 Å². The van der Waals surface area contributed by atoms with E-state index in [1.807, 2.05) is 6.33 Å². The zero-order valence-electron chi connectivity index (χ0n) is 14.2. The number of aromatic nitrogens is 3. The minimum Gasteiger partial charge on any atom is -0.354 e. The first-order chi connectivity index (χ1) is 12.2. The summed E-state index contributed by atoms with van der Waals surface area (Å²) in [4.78, 5) is 33.4. The van der Waals surface area contributed by atoms with Gasteiger partial charge in [0.25, 0.3) is 5.91 Å². The van der Waals surface area contributed by atoms with Crippen molar-refractivity contribution in [2.75, 3.05) is 6.54 Å². The van der Waals surface area contributed by atoms with Crippen molar-refractivity contribution in [3.05, 3.63) is 24.2 Å². The first kappa shape index (κ1) is 16.1. The Morgan fingerprint density at radius 3 is 2.80 bits per heavy atom. The zero-order chi connectivity index (χ0) is 17.2. The van der Waals surface area contributed by atoms with Gasteiger partial charge in [-0.25, -0.2) is 9.97 Å². The lowest BCUT2D eigenvalue weighted by molar-refractivity contribution is -0.122. The summed E-state index contributed by atoms with van der Waals surface area (Å²) in [6.07, 6.45) is 10.8. The van der Waals surface area contributed by atoms with Crippen LogP contribution < -0.4 is 10.6 Å². The predicted molar refractivity (Wildman–Crippen MR) is 93.1 cm³/mol. The summed E-state index contributed by atoms with van der Waals surface area (Å²) in [5, 5.41) is 5.66. The second-order valence-electron chi connectivity index (χ2n) is 6.97. The maximum atomic E-state index is 12.5. The minimum absolute atomic E-state index is 0.106. The van der Waals surface area contributed by atoms with Crippen molar-refractivity contribution in [3.8, 4) is 0 Å². The smallest absolute Gasteiger partial charge is 0.253 e. The van der Waals surface area contributed by atoms with Crippen LogP contribution in [0.1, 0.15) is 61.3 Å². The van der Waals surface area contributed by atoms with Gasteiger partial charge in [-0.15, -0.1) is 0 Å². The molecule has 2 amide bonds. The van der Waals surface area contributed by atoms with Crippen molar-refractivity contribution in [2.45, 2.75) is 57.0 Å². The monoisotopic (exact) mass is 341 g/mol. The molecule has 1 saturated heterocycles. The van der Waals surface area contributed by atoms with Crippen molar-refractivity contribution >= 4 is 23.0 Å². The van der Waals surface area contributed by atoms with Gasteiger partial charge in [0, 0.05) is 18.8 Å². The van der Waals surface area contributed by atoms with Crippen LogP contribution >= 0.6 is 0 Å². The summed E-state index contributed by atoms with van der Waals surface area (Å²) in [5.41, 5.74) is 2.00. The van der Waals surface area contributed by atoms with Crippen molar-refractivity contribution in [2.24, 2.45) is 0 Å². The Balaban J connectivity index is 1.52. The van der Waals surface area contributed by atoms with Crippen molar-refractivity contribution < 1.29 is 9.59 Å². The van der Waals surface area contributed by atoms with Gasteiger partial charge in [-0.05, 0) is 38.2 Å². The molecule has 25 heavy (non-hydrogen) atoms. The number of carbonyl (C=O) groups is 2. The molecule has 132 valence electrons. The van der Waals surface area contributed by atoms with Crippen LogP contribution in [0.2, 0.25) is 0 Å². The highest BCUT2D eigenvalue weighted by molar-refractivity contribution is 5.99. The molecule has 1 aliphatic heterocycles. The van der Waals surface area contributed by atoms with Crippen LogP contribution in [-0.4, -0.2) is 38.9 Å². The number of amides is 2. The summed E-state index contributed by atoms with van der Waals surface area (Å²) in [6.45, 7) is 0.678. The Hall–Kier alpha value is -2.44. The van der Waals surface area contributed by atoms with E-state index in [0.717, 1.165) is 36.8 Å². The van der Waals surface area contributed by atoms with Crippen LogP contribution in [0.25, 0.3) is 11.2 Å². The third-order valence-electron chi connectivity index (χ3n) is 5.23. The summed E-state index contributed by atoms with van der Waals surface area (Å²) in [6, 6.07) is 1.76. The molecule has 2 aromatic rings. The fourth-order valence-electron chi connectivity index (χ4n) is 3.81. The topological polar surface area (TPSA) is 88.9 Å². The molecule has 1 saturated carbocycles. The Morgan fingerprint density at radius 2 is 1.96 bits per heavy atom. The number of nitrogens with one attached hydrogen (secondary N) is 2. The van der Waals surface area contributed by atoms with Crippen LogP contribution in [-0.2, 0) is 4.79 Å². The highest BCUT2D eigenvalue weighted by Gasteiger charge is 2.24. The maximum absolute atomic E-state index is 12.5. The molecule has 7 heteroatoms. The van der Waals surface area contributed by atoms with E-state index in [9.17, 15) is 9.59 Å². The van der Waals surface area contributed by atoms with Gasteiger partial charge < -0.3 is 15.2 Å². The molecule has 0 bridgehead atoms. The maximum Gasteiger partial charge on any atom is 0.253 e. The number of nitrogens with zero attached hydrogens (tertiary/aromatic N) is 3. The summed E-state index contributed by atoms with van der Waals surface area (Å²) in [7, 11) is 0. The molecular formula is C18H23N5O2. The van der Waals surface area contributed by atoms with E-state index in [2.05, 4.69) is 25.2 Å². The Labute approximate surface area is 146 Å². The third kappa shape index (κ3) is 3.23. The Kier molecular flexibility index (Phi) is 4.38. The van der Waals surface area contributed by atoms with Crippen LogP contribution in [0.5, 0.6) is 0 Å². The van der Waals surface area contributed by atoms with Gasteiger partial charge >= 0.3 is 0 Å². The standard InChI is InChI=1S/C18H23N5O2/c24-17(22-14-7-3-4-8-19-18(14)25)12-9-15-16(20-10-12)23(11-21-15)13-5-1-2-6-13/h9-11,13-14H,1-8H2,(H,19,25)(H,22,24). The lowest BCUT2D eigenvalue weighted by Gasteiger charge is -2.15. The molecule has 0 spiro atoms. The van der Waals surface area contributed by atoms with Crippen LogP contribution in [0.15, 0.2) is 18.6 Å². The molecule has 1 atom stereocenters. The van der Waals surface area contributed by atoms with E-state index in [-0.39, 0.29) is 11.8 Å². The van der Waals surface area contributed by atoms with Crippen molar-refractivity contribution in [1.82, 2.24) is 25.2 Å². The molecule has 1 aliphatic carbocycles. The SMILES string of the molecule is O=C(NC1CCCCNC1=O)c1cnc2c(c1)ncn2C1CCCC1. The second kappa shape index (κ2) is 6.82. The first-order valence-corrected chi connectivity index (χ1v) is 9.13.